The van der Waals surface area contributed by atoms with E-state index in [0.29, 0.717) is 19.3 Å². The Kier molecular flexibility index (Phi) is 7.96. The van der Waals surface area contributed by atoms with Gasteiger partial charge in [0.1, 0.15) is 6.61 Å². The molecule has 106 valence electrons. The average molecular weight is 259 g/mol. The van der Waals surface area contributed by atoms with Gasteiger partial charge in [0.15, 0.2) is 0 Å². The first kappa shape index (κ1) is 15.4. The maximum atomic E-state index is 11.1. The molecule has 5 heteroatoms. The summed E-state index contributed by atoms with van der Waals surface area (Å²) in [7, 11) is 0. The van der Waals surface area contributed by atoms with Crippen molar-refractivity contribution in [1.82, 2.24) is 4.90 Å². The molecular formula is C13H25NO4. The highest BCUT2D eigenvalue weighted by molar-refractivity contribution is 5.70. The molecule has 0 aromatic rings. The fraction of sp³-hybridized carbons (Fsp3) is 0.923. The summed E-state index contributed by atoms with van der Waals surface area (Å²) in [5.41, 5.74) is 0. The molecular weight excluding hydrogens is 234 g/mol. The van der Waals surface area contributed by atoms with Gasteiger partial charge in [-0.15, -0.1) is 0 Å². The van der Waals surface area contributed by atoms with Crippen molar-refractivity contribution in [3.63, 3.8) is 0 Å². The number of hydrogen-bond donors (Lipinski definition) is 0. The van der Waals surface area contributed by atoms with Crippen molar-refractivity contribution in [2.75, 3.05) is 46.1 Å². The lowest BCUT2D eigenvalue weighted by molar-refractivity contribution is -0.148. The van der Waals surface area contributed by atoms with Crippen molar-refractivity contribution in [3.05, 3.63) is 0 Å². The van der Waals surface area contributed by atoms with E-state index < -0.39 is 0 Å². The summed E-state index contributed by atoms with van der Waals surface area (Å²) in [5.74, 6) is -0.292. The molecule has 0 aliphatic carbocycles. The second-order valence-electron chi connectivity index (χ2n) is 4.39. The minimum atomic E-state index is -0.292. The van der Waals surface area contributed by atoms with Crippen LogP contribution in [-0.4, -0.2) is 63.0 Å². The number of nitrogens with zero attached hydrogens (tertiary/aromatic N) is 1. The second kappa shape index (κ2) is 9.30. The van der Waals surface area contributed by atoms with E-state index in [1.807, 2.05) is 0 Å². The number of rotatable bonds is 9. The summed E-state index contributed by atoms with van der Waals surface area (Å²) in [6, 6.07) is 0. The minimum absolute atomic E-state index is 0.0469. The lowest BCUT2D eigenvalue weighted by Gasteiger charge is -2.23. The number of esters is 1. The standard InChI is InChI=1S/C13H25NO4/c1-3-14(10-12-6-5-8-18-12)7-9-16-11-13(15)17-4-2/h12H,3-11H2,1-2H3. The quantitative estimate of drug-likeness (QED) is 0.458. The zero-order valence-electron chi connectivity index (χ0n) is 11.5. The Labute approximate surface area is 109 Å². The van der Waals surface area contributed by atoms with Crippen LogP contribution in [0.25, 0.3) is 0 Å². The first-order valence-corrected chi connectivity index (χ1v) is 6.83. The number of hydrogen-bond acceptors (Lipinski definition) is 5. The van der Waals surface area contributed by atoms with E-state index in [9.17, 15) is 4.79 Å². The normalized spacial score (nSPS) is 19.4. The molecule has 1 aliphatic rings. The first-order valence-electron chi connectivity index (χ1n) is 6.83. The minimum Gasteiger partial charge on any atom is -0.464 e. The molecule has 0 N–H and O–H groups in total. The summed E-state index contributed by atoms with van der Waals surface area (Å²) in [6.45, 7) is 8.57. The van der Waals surface area contributed by atoms with Crippen LogP contribution in [0.1, 0.15) is 26.7 Å². The summed E-state index contributed by atoms with van der Waals surface area (Å²) in [4.78, 5) is 13.3. The highest BCUT2D eigenvalue weighted by atomic mass is 16.6. The fourth-order valence-corrected chi connectivity index (χ4v) is 2.01. The molecule has 1 saturated heterocycles. The fourth-order valence-electron chi connectivity index (χ4n) is 2.01. The van der Waals surface area contributed by atoms with Gasteiger partial charge < -0.3 is 14.2 Å². The van der Waals surface area contributed by atoms with E-state index in [1.54, 1.807) is 6.92 Å². The van der Waals surface area contributed by atoms with E-state index in [4.69, 9.17) is 14.2 Å². The molecule has 1 atom stereocenters. The number of likely N-dealkylation sites (N-methyl/N-ethyl adjacent to an activating group) is 1. The van der Waals surface area contributed by atoms with Crippen molar-refractivity contribution in [3.8, 4) is 0 Å². The van der Waals surface area contributed by atoms with Gasteiger partial charge in [-0.05, 0) is 26.3 Å². The van der Waals surface area contributed by atoms with Crippen LogP contribution in [0.4, 0.5) is 0 Å². The largest absolute Gasteiger partial charge is 0.464 e. The summed E-state index contributed by atoms with van der Waals surface area (Å²) < 4.78 is 15.7. The van der Waals surface area contributed by atoms with Crippen LogP contribution in [-0.2, 0) is 19.0 Å². The molecule has 18 heavy (non-hydrogen) atoms. The third-order valence-corrected chi connectivity index (χ3v) is 3.01. The molecule has 1 unspecified atom stereocenters. The lowest BCUT2D eigenvalue weighted by atomic mass is 10.2. The van der Waals surface area contributed by atoms with E-state index in [1.165, 1.54) is 6.42 Å². The third kappa shape index (κ3) is 6.33. The molecule has 0 spiro atoms. The topological polar surface area (TPSA) is 48.0 Å². The predicted octanol–water partition coefficient (Wildman–Crippen LogP) is 1.07. The van der Waals surface area contributed by atoms with E-state index >= 15 is 0 Å². The van der Waals surface area contributed by atoms with Crippen molar-refractivity contribution in [1.29, 1.82) is 0 Å². The highest BCUT2D eigenvalue weighted by Gasteiger charge is 2.18. The smallest absolute Gasteiger partial charge is 0.332 e. The Morgan fingerprint density at radius 1 is 1.44 bits per heavy atom. The van der Waals surface area contributed by atoms with Crippen LogP contribution < -0.4 is 0 Å². The van der Waals surface area contributed by atoms with Crippen LogP contribution in [0.3, 0.4) is 0 Å². The molecule has 1 fully saturated rings. The molecule has 0 aromatic carbocycles. The molecule has 5 nitrogen and oxygen atoms in total. The lowest BCUT2D eigenvalue weighted by Crippen LogP contribution is -2.35. The van der Waals surface area contributed by atoms with Gasteiger partial charge >= 0.3 is 5.97 Å². The van der Waals surface area contributed by atoms with Crippen LogP contribution in [0, 0.1) is 0 Å². The molecule has 0 bridgehead atoms. The summed E-state index contributed by atoms with van der Waals surface area (Å²) >= 11 is 0. The molecule has 0 radical (unpaired) electrons. The molecule has 0 saturated carbocycles. The van der Waals surface area contributed by atoms with Gasteiger partial charge in [0.05, 0.1) is 19.3 Å². The van der Waals surface area contributed by atoms with Crippen LogP contribution in [0.2, 0.25) is 0 Å². The zero-order valence-corrected chi connectivity index (χ0v) is 11.5. The molecule has 1 rings (SSSR count). The number of carbonyl (C=O) groups is 1. The Hall–Kier alpha value is -0.650. The highest BCUT2D eigenvalue weighted by Crippen LogP contribution is 2.13. The molecule has 1 aliphatic heterocycles. The monoisotopic (exact) mass is 259 g/mol. The summed E-state index contributed by atoms with van der Waals surface area (Å²) in [6.07, 6.45) is 2.69. The predicted molar refractivity (Wildman–Crippen MR) is 68.5 cm³/mol. The van der Waals surface area contributed by atoms with Gasteiger partial charge in [-0.3, -0.25) is 4.90 Å². The third-order valence-electron chi connectivity index (χ3n) is 3.01. The maximum absolute atomic E-state index is 11.1. The van der Waals surface area contributed by atoms with Crippen molar-refractivity contribution in [2.45, 2.75) is 32.8 Å². The van der Waals surface area contributed by atoms with Crippen LogP contribution in [0.5, 0.6) is 0 Å². The van der Waals surface area contributed by atoms with E-state index in [0.717, 1.165) is 32.7 Å². The van der Waals surface area contributed by atoms with Gasteiger partial charge in [0, 0.05) is 19.7 Å². The SMILES string of the molecule is CCOC(=O)COCCN(CC)CC1CCCO1. The van der Waals surface area contributed by atoms with Crippen molar-refractivity contribution < 1.29 is 19.0 Å². The maximum Gasteiger partial charge on any atom is 0.332 e. The van der Waals surface area contributed by atoms with Crippen LogP contribution in [0.15, 0.2) is 0 Å². The first-order chi connectivity index (χ1) is 8.76. The van der Waals surface area contributed by atoms with E-state index in [2.05, 4.69) is 11.8 Å². The second-order valence-corrected chi connectivity index (χ2v) is 4.39. The number of carbonyl (C=O) groups excluding carboxylic acids is 1. The Morgan fingerprint density at radius 3 is 2.89 bits per heavy atom. The Balaban J connectivity index is 2.05. The van der Waals surface area contributed by atoms with E-state index in [-0.39, 0.29) is 12.6 Å². The Morgan fingerprint density at radius 2 is 2.28 bits per heavy atom. The molecule has 0 aromatic heterocycles. The average Bonchev–Trinajstić information content (AvgIpc) is 2.86. The Bertz CT molecular complexity index is 229. The van der Waals surface area contributed by atoms with Crippen molar-refractivity contribution >= 4 is 5.97 Å². The van der Waals surface area contributed by atoms with Crippen molar-refractivity contribution in [2.24, 2.45) is 0 Å². The van der Waals surface area contributed by atoms with Gasteiger partial charge in [0.25, 0.3) is 0 Å². The van der Waals surface area contributed by atoms with Gasteiger partial charge in [0.2, 0.25) is 0 Å². The molecule has 0 amide bonds. The van der Waals surface area contributed by atoms with Gasteiger partial charge in [-0.1, -0.05) is 6.92 Å². The van der Waals surface area contributed by atoms with Gasteiger partial charge in [-0.25, -0.2) is 4.79 Å². The zero-order chi connectivity index (χ0) is 13.2. The van der Waals surface area contributed by atoms with Crippen LogP contribution >= 0.6 is 0 Å². The number of ether oxygens (including phenoxy) is 3. The molecule has 1 heterocycles. The van der Waals surface area contributed by atoms with Gasteiger partial charge in [-0.2, -0.15) is 0 Å². The summed E-state index contributed by atoms with van der Waals surface area (Å²) in [5, 5.41) is 0.